The van der Waals surface area contributed by atoms with Gasteiger partial charge in [0.2, 0.25) is 0 Å². The number of pyridine rings is 1. The number of benzene rings is 1. The average Bonchev–Trinajstić information content (AvgIpc) is 2.48. The summed E-state index contributed by atoms with van der Waals surface area (Å²) in [7, 11) is 0. The zero-order valence-electron chi connectivity index (χ0n) is 11.7. The SMILES string of the molecule is CCOC1CCN(c2cc3ccccc3c(Cl)n2)CC1. The lowest BCUT2D eigenvalue weighted by Crippen LogP contribution is -2.37. The molecule has 1 fully saturated rings. The van der Waals surface area contributed by atoms with Gasteiger partial charge in [0.15, 0.2) is 0 Å². The summed E-state index contributed by atoms with van der Waals surface area (Å²) in [5, 5.41) is 2.75. The minimum absolute atomic E-state index is 0.396. The van der Waals surface area contributed by atoms with Crippen molar-refractivity contribution in [2.45, 2.75) is 25.9 Å². The Kier molecular flexibility index (Phi) is 4.08. The Hall–Kier alpha value is -1.32. The molecule has 1 aliphatic heterocycles. The zero-order valence-corrected chi connectivity index (χ0v) is 12.4. The molecule has 0 bridgehead atoms. The van der Waals surface area contributed by atoms with E-state index in [0.29, 0.717) is 11.3 Å². The van der Waals surface area contributed by atoms with Crippen molar-refractivity contribution >= 4 is 28.2 Å². The molecular formula is C16H19ClN2O. The number of fused-ring (bicyclic) bond motifs is 1. The van der Waals surface area contributed by atoms with E-state index < -0.39 is 0 Å². The van der Waals surface area contributed by atoms with Crippen LogP contribution in [-0.2, 0) is 4.74 Å². The molecular weight excluding hydrogens is 272 g/mol. The number of hydrogen-bond acceptors (Lipinski definition) is 3. The van der Waals surface area contributed by atoms with Crippen LogP contribution in [0.5, 0.6) is 0 Å². The van der Waals surface area contributed by atoms with E-state index in [1.165, 1.54) is 0 Å². The standard InChI is InChI=1S/C16H19ClN2O/c1-2-20-13-7-9-19(10-8-13)15-11-12-5-3-4-6-14(12)16(17)18-15/h3-6,11,13H,2,7-10H2,1H3. The molecule has 1 aliphatic rings. The molecule has 1 aromatic carbocycles. The van der Waals surface area contributed by atoms with Gasteiger partial charge in [-0.2, -0.15) is 0 Å². The van der Waals surface area contributed by atoms with Gasteiger partial charge in [-0.1, -0.05) is 35.9 Å². The Bertz CT molecular complexity index is 594. The highest BCUT2D eigenvalue weighted by Gasteiger charge is 2.20. The first-order chi connectivity index (χ1) is 9.78. The molecule has 0 radical (unpaired) electrons. The second kappa shape index (κ2) is 5.98. The maximum absolute atomic E-state index is 6.30. The van der Waals surface area contributed by atoms with E-state index in [1.54, 1.807) is 0 Å². The highest BCUT2D eigenvalue weighted by Crippen LogP contribution is 2.28. The molecule has 1 aromatic heterocycles. The Morgan fingerprint density at radius 2 is 2.05 bits per heavy atom. The van der Waals surface area contributed by atoms with Crippen LogP contribution in [0.2, 0.25) is 5.15 Å². The van der Waals surface area contributed by atoms with Gasteiger partial charge in [0, 0.05) is 25.1 Å². The van der Waals surface area contributed by atoms with Crippen molar-refractivity contribution in [2.24, 2.45) is 0 Å². The van der Waals surface area contributed by atoms with Gasteiger partial charge in [0.1, 0.15) is 11.0 Å². The number of halogens is 1. The van der Waals surface area contributed by atoms with Crippen molar-refractivity contribution in [1.29, 1.82) is 0 Å². The fraction of sp³-hybridized carbons (Fsp3) is 0.438. The van der Waals surface area contributed by atoms with Gasteiger partial charge in [0.25, 0.3) is 0 Å². The summed E-state index contributed by atoms with van der Waals surface area (Å²) in [4.78, 5) is 6.85. The molecule has 0 spiro atoms. The molecule has 0 atom stereocenters. The maximum atomic E-state index is 6.30. The molecule has 1 saturated heterocycles. The lowest BCUT2D eigenvalue weighted by molar-refractivity contribution is 0.0458. The number of aromatic nitrogens is 1. The average molecular weight is 291 g/mol. The zero-order chi connectivity index (χ0) is 13.9. The fourth-order valence-corrected chi connectivity index (χ4v) is 3.05. The summed E-state index contributed by atoms with van der Waals surface area (Å²) in [5.74, 6) is 0.976. The Balaban J connectivity index is 1.81. The molecule has 4 heteroatoms. The molecule has 0 saturated carbocycles. The summed E-state index contributed by atoms with van der Waals surface area (Å²) in [6.45, 7) is 4.81. The van der Waals surface area contributed by atoms with E-state index in [1.807, 2.05) is 18.2 Å². The van der Waals surface area contributed by atoms with Crippen LogP contribution in [0.3, 0.4) is 0 Å². The summed E-state index contributed by atoms with van der Waals surface area (Å²) in [6, 6.07) is 10.2. The largest absolute Gasteiger partial charge is 0.378 e. The Morgan fingerprint density at radius 1 is 1.30 bits per heavy atom. The number of nitrogens with zero attached hydrogens (tertiary/aromatic N) is 2. The van der Waals surface area contributed by atoms with Gasteiger partial charge in [-0.3, -0.25) is 0 Å². The maximum Gasteiger partial charge on any atom is 0.139 e. The van der Waals surface area contributed by atoms with Crippen molar-refractivity contribution in [3.8, 4) is 0 Å². The summed E-state index contributed by atoms with van der Waals surface area (Å²) in [6.07, 6.45) is 2.51. The van der Waals surface area contributed by atoms with Crippen molar-refractivity contribution in [3.05, 3.63) is 35.5 Å². The van der Waals surface area contributed by atoms with Crippen molar-refractivity contribution in [1.82, 2.24) is 4.98 Å². The van der Waals surface area contributed by atoms with E-state index in [9.17, 15) is 0 Å². The van der Waals surface area contributed by atoms with Gasteiger partial charge >= 0.3 is 0 Å². The number of ether oxygens (including phenoxy) is 1. The predicted octanol–water partition coefficient (Wildman–Crippen LogP) is 3.89. The van der Waals surface area contributed by atoms with E-state index in [0.717, 1.165) is 49.1 Å². The first-order valence-corrected chi connectivity index (χ1v) is 7.57. The third kappa shape index (κ3) is 2.74. The molecule has 0 aliphatic carbocycles. The normalized spacial score (nSPS) is 16.8. The van der Waals surface area contributed by atoms with Gasteiger partial charge in [-0.15, -0.1) is 0 Å². The predicted molar refractivity (Wildman–Crippen MR) is 83.6 cm³/mol. The van der Waals surface area contributed by atoms with Gasteiger partial charge < -0.3 is 9.64 Å². The Morgan fingerprint density at radius 3 is 2.80 bits per heavy atom. The lowest BCUT2D eigenvalue weighted by Gasteiger charge is -2.32. The van der Waals surface area contributed by atoms with E-state index in [2.05, 4.69) is 28.9 Å². The fourth-order valence-electron chi connectivity index (χ4n) is 2.79. The highest BCUT2D eigenvalue weighted by molar-refractivity contribution is 6.34. The van der Waals surface area contributed by atoms with Crippen LogP contribution >= 0.6 is 11.6 Å². The third-order valence-corrected chi connectivity index (χ3v) is 4.14. The molecule has 0 unspecified atom stereocenters. The number of hydrogen-bond donors (Lipinski definition) is 0. The molecule has 2 heterocycles. The lowest BCUT2D eigenvalue weighted by atomic mass is 10.1. The molecule has 2 aromatic rings. The summed E-state index contributed by atoms with van der Waals surface area (Å²) >= 11 is 6.30. The number of piperidine rings is 1. The molecule has 0 amide bonds. The first-order valence-electron chi connectivity index (χ1n) is 7.19. The molecule has 3 nitrogen and oxygen atoms in total. The second-order valence-electron chi connectivity index (χ2n) is 5.13. The van der Waals surface area contributed by atoms with Gasteiger partial charge in [-0.05, 0) is 31.2 Å². The van der Waals surface area contributed by atoms with Gasteiger partial charge in [-0.25, -0.2) is 4.98 Å². The van der Waals surface area contributed by atoms with Gasteiger partial charge in [0.05, 0.1) is 6.10 Å². The summed E-state index contributed by atoms with van der Waals surface area (Å²) in [5.41, 5.74) is 0. The summed E-state index contributed by atoms with van der Waals surface area (Å²) < 4.78 is 5.69. The number of anilines is 1. The molecule has 0 N–H and O–H groups in total. The monoisotopic (exact) mass is 290 g/mol. The molecule has 3 rings (SSSR count). The highest BCUT2D eigenvalue weighted by atomic mass is 35.5. The van der Waals surface area contributed by atoms with Crippen LogP contribution in [0.1, 0.15) is 19.8 Å². The smallest absolute Gasteiger partial charge is 0.139 e. The number of rotatable bonds is 3. The van der Waals surface area contributed by atoms with Crippen LogP contribution in [0.25, 0.3) is 10.8 Å². The van der Waals surface area contributed by atoms with Crippen LogP contribution < -0.4 is 4.90 Å². The third-order valence-electron chi connectivity index (χ3n) is 3.85. The Labute approximate surface area is 124 Å². The topological polar surface area (TPSA) is 25.4 Å². The minimum Gasteiger partial charge on any atom is -0.378 e. The van der Waals surface area contributed by atoms with Crippen LogP contribution in [-0.4, -0.2) is 30.8 Å². The van der Waals surface area contributed by atoms with Crippen molar-refractivity contribution < 1.29 is 4.74 Å². The van der Waals surface area contributed by atoms with E-state index >= 15 is 0 Å². The quantitative estimate of drug-likeness (QED) is 0.802. The van der Waals surface area contributed by atoms with Crippen molar-refractivity contribution in [2.75, 3.05) is 24.6 Å². The van der Waals surface area contributed by atoms with E-state index in [4.69, 9.17) is 16.3 Å². The minimum atomic E-state index is 0.396. The van der Waals surface area contributed by atoms with Crippen LogP contribution in [0, 0.1) is 0 Å². The van der Waals surface area contributed by atoms with E-state index in [-0.39, 0.29) is 0 Å². The van der Waals surface area contributed by atoms with Crippen molar-refractivity contribution in [3.63, 3.8) is 0 Å². The molecule has 20 heavy (non-hydrogen) atoms. The second-order valence-corrected chi connectivity index (χ2v) is 5.49. The van der Waals surface area contributed by atoms with Crippen LogP contribution in [0.4, 0.5) is 5.82 Å². The molecule has 106 valence electrons. The first kappa shape index (κ1) is 13.7. The van der Waals surface area contributed by atoms with Crippen LogP contribution in [0.15, 0.2) is 30.3 Å².